The quantitative estimate of drug-likeness (QED) is 0.743. The minimum absolute atomic E-state index is 0.0981. The van der Waals surface area contributed by atoms with Crippen molar-refractivity contribution in [3.63, 3.8) is 0 Å². The number of halogens is 1. The summed E-state index contributed by atoms with van der Waals surface area (Å²) < 4.78 is 12.9. The molecule has 0 fully saturated rings. The molecule has 0 aliphatic heterocycles. The summed E-state index contributed by atoms with van der Waals surface area (Å²) in [5.74, 6) is -0.758. The Hall–Kier alpha value is -1.42. The number of nitrogens with two attached hydrogens (primary N) is 1. The van der Waals surface area contributed by atoms with E-state index in [4.69, 9.17) is 5.73 Å². The molecule has 1 amide bonds. The molecule has 0 aromatic heterocycles. The van der Waals surface area contributed by atoms with Crippen molar-refractivity contribution in [1.82, 2.24) is 5.32 Å². The van der Waals surface area contributed by atoms with E-state index in [-0.39, 0.29) is 17.6 Å². The summed E-state index contributed by atoms with van der Waals surface area (Å²) in [6.45, 7) is 2.87. The molecular weight excluding hydrogens is 207 g/mol. The summed E-state index contributed by atoms with van der Waals surface area (Å²) in [4.78, 5) is 11.7. The van der Waals surface area contributed by atoms with Crippen LogP contribution in [-0.4, -0.2) is 19.0 Å². The number of hydrogen-bond donors (Lipinski definition) is 2. The van der Waals surface area contributed by atoms with Gasteiger partial charge in [0.25, 0.3) is 0 Å². The minimum atomic E-state index is -0.339. The predicted molar refractivity (Wildman–Crippen MR) is 61.5 cm³/mol. The highest BCUT2D eigenvalue weighted by atomic mass is 19.1. The summed E-state index contributed by atoms with van der Waals surface area (Å²) in [6, 6.07) is 6.10. The lowest BCUT2D eigenvalue weighted by Gasteiger charge is -2.12. The molecule has 1 unspecified atom stereocenters. The van der Waals surface area contributed by atoms with Crippen molar-refractivity contribution in [3.05, 3.63) is 35.6 Å². The summed E-state index contributed by atoms with van der Waals surface area (Å²) >= 11 is 0. The van der Waals surface area contributed by atoms with E-state index in [0.29, 0.717) is 18.7 Å². The average Bonchev–Trinajstić information content (AvgIpc) is 2.28. The maximum absolute atomic E-state index is 12.9. The van der Waals surface area contributed by atoms with Gasteiger partial charge >= 0.3 is 0 Å². The number of rotatable bonds is 5. The Kier molecular flexibility index (Phi) is 4.92. The van der Waals surface area contributed by atoms with Crippen molar-refractivity contribution in [1.29, 1.82) is 0 Å². The number of benzene rings is 1. The van der Waals surface area contributed by atoms with Gasteiger partial charge in [0.2, 0.25) is 5.91 Å². The van der Waals surface area contributed by atoms with Gasteiger partial charge in [-0.25, -0.2) is 4.39 Å². The van der Waals surface area contributed by atoms with Crippen LogP contribution in [0.15, 0.2) is 24.3 Å². The van der Waals surface area contributed by atoms with E-state index >= 15 is 0 Å². The number of carbonyl (C=O) groups excluding carboxylic acids is 1. The fourth-order valence-corrected chi connectivity index (χ4v) is 1.39. The van der Waals surface area contributed by atoms with Crippen molar-refractivity contribution in [2.24, 2.45) is 5.73 Å². The topological polar surface area (TPSA) is 55.1 Å². The molecule has 1 aromatic carbocycles. The Morgan fingerprint density at radius 3 is 2.94 bits per heavy atom. The second kappa shape index (κ2) is 6.23. The highest BCUT2D eigenvalue weighted by molar-refractivity contribution is 5.83. The van der Waals surface area contributed by atoms with E-state index in [1.807, 2.05) is 0 Å². The smallest absolute Gasteiger partial charge is 0.227 e. The second-order valence-corrected chi connectivity index (χ2v) is 3.71. The van der Waals surface area contributed by atoms with Gasteiger partial charge in [-0.1, -0.05) is 12.1 Å². The molecule has 0 bridgehead atoms. The van der Waals surface area contributed by atoms with Crippen LogP contribution in [0.4, 0.5) is 4.39 Å². The van der Waals surface area contributed by atoms with Crippen LogP contribution in [0.1, 0.15) is 24.8 Å². The summed E-state index contributed by atoms with van der Waals surface area (Å²) in [6.07, 6.45) is 0.752. The molecule has 0 aliphatic rings. The molecule has 88 valence electrons. The molecule has 0 aliphatic carbocycles. The largest absolute Gasteiger partial charge is 0.356 e. The molecule has 4 heteroatoms. The van der Waals surface area contributed by atoms with E-state index in [2.05, 4.69) is 5.32 Å². The second-order valence-electron chi connectivity index (χ2n) is 3.71. The average molecular weight is 224 g/mol. The summed E-state index contributed by atoms with van der Waals surface area (Å²) in [7, 11) is 0. The third-order valence-corrected chi connectivity index (χ3v) is 2.42. The Morgan fingerprint density at radius 1 is 1.56 bits per heavy atom. The van der Waals surface area contributed by atoms with E-state index in [1.165, 1.54) is 12.1 Å². The Bertz CT molecular complexity index is 355. The van der Waals surface area contributed by atoms with E-state index < -0.39 is 0 Å². The Morgan fingerprint density at radius 2 is 2.31 bits per heavy atom. The third kappa shape index (κ3) is 3.62. The zero-order valence-electron chi connectivity index (χ0n) is 9.37. The molecule has 0 saturated carbocycles. The molecule has 0 spiro atoms. The van der Waals surface area contributed by atoms with Gasteiger partial charge in [0.1, 0.15) is 5.82 Å². The lowest BCUT2D eigenvalue weighted by atomic mass is 10.0. The zero-order valence-corrected chi connectivity index (χ0v) is 9.37. The van der Waals surface area contributed by atoms with Gasteiger partial charge in [-0.2, -0.15) is 0 Å². The van der Waals surface area contributed by atoms with Crippen LogP contribution >= 0.6 is 0 Å². The van der Waals surface area contributed by atoms with Gasteiger partial charge < -0.3 is 11.1 Å². The van der Waals surface area contributed by atoms with E-state index in [0.717, 1.165) is 6.42 Å². The summed E-state index contributed by atoms with van der Waals surface area (Å²) in [5.41, 5.74) is 6.01. The highest BCUT2D eigenvalue weighted by Gasteiger charge is 2.14. The van der Waals surface area contributed by atoms with Crippen LogP contribution in [0.2, 0.25) is 0 Å². The maximum Gasteiger partial charge on any atom is 0.227 e. The lowest BCUT2D eigenvalue weighted by molar-refractivity contribution is -0.122. The standard InChI is InChI=1S/C12H17FN2O/c1-9(12(16)15-7-3-6-14)10-4-2-5-11(13)8-10/h2,4-5,8-9H,3,6-7,14H2,1H3,(H,15,16). The number of carbonyl (C=O) groups is 1. The fourth-order valence-electron chi connectivity index (χ4n) is 1.39. The van der Waals surface area contributed by atoms with Crippen LogP contribution < -0.4 is 11.1 Å². The molecule has 0 heterocycles. The first kappa shape index (κ1) is 12.6. The highest BCUT2D eigenvalue weighted by Crippen LogP contribution is 2.15. The number of amides is 1. The predicted octanol–water partition coefficient (Wildman–Crippen LogP) is 1.39. The van der Waals surface area contributed by atoms with Crippen LogP contribution in [0.25, 0.3) is 0 Å². The SMILES string of the molecule is CC(C(=O)NCCCN)c1cccc(F)c1. The van der Waals surface area contributed by atoms with Crippen molar-refractivity contribution in [2.75, 3.05) is 13.1 Å². The number of nitrogens with one attached hydrogen (secondary N) is 1. The first-order valence-corrected chi connectivity index (χ1v) is 5.38. The van der Waals surface area contributed by atoms with Gasteiger partial charge in [-0.05, 0) is 37.6 Å². The van der Waals surface area contributed by atoms with Gasteiger partial charge in [0, 0.05) is 6.54 Å². The lowest BCUT2D eigenvalue weighted by Crippen LogP contribution is -2.29. The van der Waals surface area contributed by atoms with Crippen LogP contribution in [0.5, 0.6) is 0 Å². The van der Waals surface area contributed by atoms with Gasteiger partial charge in [-0.15, -0.1) is 0 Å². The van der Waals surface area contributed by atoms with Gasteiger partial charge in [0.15, 0.2) is 0 Å². The molecule has 0 radical (unpaired) electrons. The zero-order chi connectivity index (χ0) is 12.0. The van der Waals surface area contributed by atoms with Crippen molar-refractivity contribution in [2.45, 2.75) is 19.3 Å². The number of hydrogen-bond acceptors (Lipinski definition) is 2. The van der Waals surface area contributed by atoms with E-state index in [9.17, 15) is 9.18 Å². The first-order chi connectivity index (χ1) is 7.65. The molecule has 3 nitrogen and oxygen atoms in total. The minimum Gasteiger partial charge on any atom is -0.356 e. The van der Waals surface area contributed by atoms with Crippen LogP contribution in [-0.2, 0) is 4.79 Å². The molecule has 0 saturated heterocycles. The van der Waals surface area contributed by atoms with Crippen molar-refractivity contribution < 1.29 is 9.18 Å². The normalized spacial score (nSPS) is 12.2. The maximum atomic E-state index is 12.9. The first-order valence-electron chi connectivity index (χ1n) is 5.38. The molecule has 1 aromatic rings. The molecule has 3 N–H and O–H groups in total. The summed E-state index contributed by atoms with van der Waals surface area (Å²) in [5, 5.41) is 2.76. The monoisotopic (exact) mass is 224 g/mol. The Balaban J connectivity index is 2.56. The van der Waals surface area contributed by atoms with Gasteiger partial charge in [0.05, 0.1) is 5.92 Å². The van der Waals surface area contributed by atoms with Crippen molar-refractivity contribution in [3.8, 4) is 0 Å². The van der Waals surface area contributed by atoms with Crippen LogP contribution in [0, 0.1) is 5.82 Å². The fraction of sp³-hybridized carbons (Fsp3) is 0.417. The Labute approximate surface area is 94.8 Å². The molecule has 1 atom stereocenters. The van der Waals surface area contributed by atoms with Crippen LogP contribution in [0.3, 0.4) is 0 Å². The molecule has 16 heavy (non-hydrogen) atoms. The third-order valence-electron chi connectivity index (χ3n) is 2.42. The molecule has 1 rings (SSSR count). The van der Waals surface area contributed by atoms with Gasteiger partial charge in [-0.3, -0.25) is 4.79 Å². The van der Waals surface area contributed by atoms with E-state index in [1.54, 1.807) is 19.1 Å². The van der Waals surface area contributed by atoms with Crippen molar-refractivity contribution >= 4 is 5.91 Å². The molecular formula is C12H17FN2O.